The highest BCUT2D eigenvalue weighted by molar-refractivity contribution is 6.29. The van der Waals surface area contributed by atoms with Gasteiger partial charge in [0.1, 0.15) is 17.9 Å². The van der Waals surface area contributed by atoms with Crippen LogP contribution in [0.25, 0.3) is 11.1 Å². The molecule has 1 aliphatic carbocycles. The first-order valence-electron chi connectivity index (χ1n) is 10.5. The number of fused-ring (bicyclic) bond motifs is 3. The molecule has 0 radical (unpaired) electrons. The molecule has 2 aromatic carbocycles. The molecule has 3 N–H and O–H groups in total. The number of amides is 1. The second-order valence-corrected chi connectivity index (χ2v) is 8.25. The number of halogens is 1. The van der Waals surface area contributed by atoms with Gasteiger partial charge >= 0.3 is 6.09 Å². The molecule has 32 heavy (non-hydrogen) atoms. The lowest BCUT2D eigenvalue weighted by Crippen LogP contribution is -2.31. The molecule has 2 atom stereocenters. The van der Waals surface area contributed by atoms with Crippen molar-refractivity contribution in [1.82, 2.24) is 10.3 Å². The molecule has 0 saturated carbocycles. The Labute approximate surface area is 191 Å². The number of pyridine rings is 1. The van der Waals surface area contributed by atoms with E-state index in [1.54, 1.807) is 19.1 Å². The Hall–Kier alpha value is -2.93. The number of aromatic nitrogens is 1. The van der Waals surface area contributed by atoms with Gasteiger partial charge in [-0.1, -0.05) is 66.2 Å². The van der Waals surface area contributed by atoms with Gasteiger partial charge in [-0.15, -0.1) is 0 Å². The van der Waals surface area contributed by atoms with Gasteiger partial charge in [0.2, 0.25) is 0 Å². The van der Waals surface area contributed by atoms with Crippen LogP contribution in [0.2, 0.25) is 5.15 Å². The molecule has 1 aliphatic rings. The molecule has 166 valence electrons. The molecule has 0 fully saturated rings. The summed E-state index contributed by atoms with van der Waals surface area (Å²) in [4.78, 5) is 16.3. The minimum atomic E-state index is -1.12. The summed E-state index contributed by atoms with van der Waals surface area (Å²) in [5, 5.41) is 23.6. The molecule has 7 heteroatoms. The number of nitrogens with one attached hydrogen (secondary N) is 1. The van der Waals surface area contributed by atoms with E-state index in [4.69, 9.17) is 16.3 Å². The number of aliphatic hydroxyl groups excluding tert-OH is 2. The highest BCUT2D eigenvalue weighted by Crippen LogP contribution is 2.44. The van der Waals surface area contributed by atoms with Gasteiger partial charge in [0.25, 0.3) is 0 Å². The molecule has 0 aliphatic heterocycles. The van der Waals surface area contributed by atoms with Crippen LogP contribution >= 0.6 is 11.6 Å². The van der Waals surface area contributed by atoms with Crippen LogP contribution in [0, 0.1) is 6.92 Å². The average Bonchev–Trinajstić information content (AvgIpc) is 3.11. The minimum absolute atomic E-state index is 0.0130. The first-order chi connectivity index (χ1) is 15.5. The molecule has 1 aromatic heterocycles. The lowest BCUT2D eigenvalue weighted by atomic mass is 9.98. The van der Waals surface area contributed by atoms with Gasteiger partial charge in [0, 0.05) is 23.7 Å². The Morgan fingerprint density at radius 3 is 2.31 bits per heavy atom. The zero-order valence-electron chi connectivity index (χ0n) is 17.7. The van der Waals surface area contributed by atoms with E-state index >= 15 is 0 Å². The van der Waals surface area contributed by atoms with Crippen LogP contribution in [0.15, 0.2) is 60.7 Å². The first kappa shape index (κ1) is 22.3. The summed E-state index contributed by atoms with van der Waals surface area (Å²) in [7, 11) is 0. The summed E-state index contributed by atoms with van der Waals surface area (Å²) in [5.41, 5.74) is 5.68. The number of nitrogens with zero attached hydrogens (tertiary/aromatic N) is 1. The maximum absolute atomic E-state index is 12.2. The molecule has 0 bridgehead atoms. The second kappa shape index (κ2) is 9.69. The van der Waals surface area contributed by atoms with Crippen molar-refractivity contribution in [3.05, 3.63) is 88.2 Å². The molecule has 0 spiro atoms. The standard InChI is InChI=1S/C25H25ClN2O4/c1-15-16(10-11-23(26)28-15)24(30)22(29)12-13-27-25(31)32-14-21-19-8-4-2-6-17(19)18-7-3-5-9-20(18)21/h2-11,21-22,24,29-30H,12-14H2,1H3,(H,27,31). The lowest BCUT2D eigenvalue weighted by Gasteiger charge is -2.20. The molecular formula is C25H25ClN2O4. The fraction of sp³-hybridized carbons (Fsp3) is 0.280. The number of rotatable bonds is 7. The van der Waals surface area contributed by atoms with E-state index < -0.39 is 18.3 Å². The normalized spacial score (nSPS) is 14.4. The number of aryl methyl sites for hydroxylation is 1. The smallest absolute Gasteiger partial charge is 0.407 e. The minimum Gasteiger partial charge on any atom is -0.449 e. The third kappa shape index (κ3) is 4.63. The number of carbonyl (C=O) groups is 1. The Balaban J connectivity index is 1.29. The van der Waals surface area contributed by atoms with Crippen molar-refractivity contribution in [2.75, 3.05) is 13.2 Å². The van der Waals surface area contributed by atoms with E-state index in [9.17, 15) is 15.0 Å². The summed E-state index contributed by atoms with van der Waals surface area (Å²) in [6, 6.07) is 19.5. The zero-order valence-corrected chi connectivity index (χ0v) is 18.4. The van der Waals surface area contributed by atoms with Crippen molar-refractivity contribution in [2.45, 2.75) is 31.5 Å². The van der Waals surface area contributed by atoms with Gasteiger partial charge in [-0.05, 0) is 41.7 Å². The maximum atomic E-state index is 12.2. The van der Waals surface area contributed by atoms with E-state index in [0.717, 1.165) is 11.1 Å². The largest absolute Gasteiger partial charge is 0.449 e. The third-order valence-electron chi connectivity index (χ3n) is 5.83. The van der Waals surface area contributed by atoms with Gasteiger partial charge < -0.3 is 20.3 Å². The molecule has 2 unspecified atom stereocenters. The first-order valence-corrected chi connectivity index (χ1v) is 10.9. The monoisotopic (exact) mass is 452 g/mol. The van der Waals surface area contributed by atoms with Crippen molar-refractivity contribution in [3.63, 3.8) is 0 Å². The highest BCUT2D eigenvalue weighted by Gasteiger charge is 2.29. The summed E-state index contributed by atoms with van der Waals surface area (Å²) >= 11 is 5.84. The predicted octanol–water partition coefficient (Wildman–Crippen LogP) is 4.37. The maximum Gasteiger partial charge on any atom is 0.407 e. The number of carbonyl (C=O) groups excluding carboxylic acids is 1. The van der Waals surface area contributed by atoms with Gasteiger partial charge in [-0.3, -0.25) is 0 Å². The third-order valence-corrected chi connectivity index (χ3v) is 6.04. The van der Waals surface area contributed by atoms with E-state index in [2.05, 4.69) is 34.6 Å². The molecule has 1 amide bonds. The van der Waals surface area contributed by atoms with Gasteiger partial charge in [0.15, 0.2) is 0 Å². The molecule has 3 aromatic rings. The molecule has 1 heterocycles. The topological polar surface area (TPSA) is 91.7 Å². The Kier molecular flexibility index (Phi) is 6.74. The Morgan fingerprint density at radius 1 is 1.06 bits per heavy atom. The van der Waals surface area contributed by atoms with Crippen LogP contribution < -0.4 is 5.32 Å². The van der Waals surface area contributed by atoms with Crippen LogP contribution in [0.1, 0.15) is 40.8 Å². The number of hydrogen-bond donors (Lipinski definition) is 3. The highest BCUT2D eigenvalue weighted by atomic mass is 35.5. The van der Waals surface area contributed by atoms with E-state index in [1.807, 2.05) is 24.3 Å². The van der Waals surface area contributed by atoms with E-state index in [1.165, 1.54) is 11.1 Å². The fourth-order valence-electron chi connectivity index (χ4n) is 4.19. The lowest BCUT2D eigenvalue weighted by molar-refractivity contribution is 0.0131. The van der Waals surface area contributed by atoms with Gasteiger partial charge in [-0.25, -0.2) is 9.78 Å². The number of ether oxygens (including phenoxy) is 1. The molecule has 6 nitrogen and oxygen atoms in total. The van der Waals surface area contributed by atoms with Crippen LogP contribution in [0.3, 0.4) is 0 Å². The van der Waals surface area contributed by atoms with E-state index in [0.29, 0.717) is 16.4 Å². The number of aliphatic hydroxyl groups is 2. The van der Waals surface area contributed by atoms with Crippen molar-refractivity contribution in [1.29, 1.82) is 0 Å². The van der Waals surface area contributed by atoms with Crippen molar-refractivity contribution >= 4 is 17.7 Å². The molecule has 0 saturated heterocycles. The number of hydrogen-bond acceptors (Lipinski definition) is 5. The second-order valence-electron chi connectivity index (χ2n) is 7.86. The summed E-state index contributed by atoms with van der Waals surface area (Å²) in [6.07, 6.45) is -2.58. The average molecular weight is 453 g/mol. The fourth-order valence-corrected chi connectivity index (χ4v) is 4.38. The van der Waals surface area contributed by atoms with Gasteiger partial charge in [-0.2, -0.15) is 0 Å². The number of benzene rings is 2. The summed E-state index contributed by atoms with van der Waals surface area (Å²) in [5.74, 6) is -0.0130. The van der Waals surface area contributed by atoms with Crippen LogP contribution in [-0.2, 0) is 4.74 Å². The summed E-state index contributed by atoms with van der Waals surface area (Å²) < 4.78 is 5.48. The molecule has 4 rings (SSSR count). The van der Waals surface area contributed by atoms with E-state index in [-0.39, 0.29) is 25.5 Å². The van der Waals surface area contributed by atoms with Crippen LogP contribution in [0.5, 0.6) is 0 Å². The van der Waals surface area contributed by atoms with Crippen LogP contribution in [-0.4, -0.2) is 40.5 Å². The van der Waals surface area contributed by atoms with Crippen molar-refractivity contribution in [3.8, 4) is 11.1 Å². The van der Waals surface area contributed by atoms with Crippen LogP contribution in [0.4, 0.5) is 4.79 Å². The Morgan fingerprint density at radius 2 is 1.69 bits per heavy atom. The van der Waals surface area contributed by atoms with Gasteiger partial charge in [0.05, 0.1) is 6.10 Å². The Bertz CT molecular complexity index is 1080. The SMILES string of the molecule is Cc1nc(Cl)ccc1C(O)C(O)CCNC(=O)OCC1c2ccccc2-c2ccccc21. The van der Waals surface area contributed by atoms with Crippen molar-refractivity contribution < 1.29 is 19.7 Å². The molecular weight excluding hydrogens is 428 g/mol. The predicted molar refractivity (Wildman–Crippen MR) is 123 cm³/mol. The summed E-state index contributed by atoms with van der Waals surface area (Å²) in [6.45, 7) is 2.10. The quantitative estimate of drug-likeness (QED) is 0.463. The van der Waals surface area contributed by atoms with Crippen molar-refractivity contribution in [2.24, 2.45) is 0 Å². The zero-order chi connectivity index (χ0) is 22.7. The number of alkyl carbamates (subject to hydrolysis) is 1.